The van der Waals surface area contributed by atoms with E-state index in [2.05, 4.69) is 26.8 Å². The van der Waals surface area contributed by atoms with Crippen LogP contribution in [-0.2, 0) is 10.0 Å². The number of H-pyrrole nitrogens is 1. The zero-order valence-electron chi connectivity index (χ0n) is 10.2. The first-order valence-corrected chi connectivity index (χ1v) is 7.39. The standard InChI is InChI=1S/C12H11ClN4O2S/c13-11-4-3-9(2-1-5-14)6-12(11)17-20(18,19)10-7-15-16-8-10/h3-4,6-8,17H,5,14H2,(H,15,16). The molecule has 6 nitrogen and oxygen atoms in total. The summed E-state index contributed by atoms with van der Waals surface area (Å²) < 4.78 is 26.5. The summed E-state index contributed by atoms with van der Waals surface area (Å²) in [5.74, 6) is 5.49. The molecule has 0 saturated carbocycles. The molecule has 0 spiro atoms. The van der Waals surface area contributed by atoms with Gasteiger partial charge in [-0.05, 0) is 18.2 Å². The number of hydrogen-bond acceptors (Lipinski definition) is 4. The van der Waals surface area contributed by atoms with Gasteiger partial charge in [-0.15, -0.1) is 0 Å². The number of nitrogens with zero attached hydrogens (tertiary/aromatic N) is 1. The first-order valence-electron chi connectivity index (χ1n) is 5.53. The van der Waals surface area contributed by atoms with E-state index in [1.807, 2.05) is 0 Å². The Bertz CT molecular complexity index is 760. The van der Waals surface area contributed by atoms with Crippen molar-refractivity contribution in [3.63, 3.8) is 0 Å². The van der Waals surface area contributed by atoms with Crippen LogP contribution in [0.4, 0.5) is 5.69 Å². The fourth-order valence-corrected chi connectivity index (χ4v) is 2.62. The molecular weight excluding hydrogens is 300 g/mol. The van der Waals surface area contributed by atoms with Gasteiger partial charge in [0.05, 0.1) is 23.5 Å². The molecular formula is C12H11ClN4O2S. The van der Waals surface area contributed by atoms with Crippen molar-refractivity contribution in [3.05, 3.63) is 41.2 Å². The number of aromatic amines is 1. The second-order valence-electron chi connectivity index (χ2n) is 3.74. The highest BCUT2D eigenvalue weighted by Gasteiger charge is 2.16. The Hall–Kier alpha value is -2.01. The Balaban J connectivity index is 2.34. The quantitative estimate of drug-likeness (QED) is 0.741. The van der Waals surface area contributed by atoms with Gasteiger partial charge in [-0.1, -0.05) is 23.4 Å². The van der Waals surface area contributed by atoms with Gasteiger partial charge in [-0.2, -0.15) is 5.10 Å². The summed E-state index contributed by atoms with van der Waals surface area (Å²) in [7, 11) is -3.73. The fourth-order valence-electron chi connectivity index (χ4n) is 1.42. The molecule has 0 aliphatic heterocycles. The van der Waals surface area contributed by atoms with Crippen molar-refractivity contribution >= 4 is 27.3 Å². The van der Waals surface area contributed by atoms with E-state index in [4.69, 9.17) is 17.3 Å². The van der Waals surface area contributed by atoms with Gasteiger partial charge in [0.25, 0.3) is 10.0 Å². The molecule has 0 aliphatic rings. The molecule has 0 amide bonds. The Morgan fingerprint density at radius 2 is 2.25 bits per heavy atom. The number of anilines is 1. The smallest absolute Gasteiger partial charge is 0.265 e. The van der Waals surface area contributed by atoms with E-state index in [1.165, 1.54) is 12.4 Å². The third-order valence-electron chi connectivity index (χ3n) is 2.33. The minimum absolute atomic E-state index is 0.0204. The molecule has 0 bridgehead atoms. The Labute approximate surface area is 121 Å². The number of nitrogens with two attached hydrogens (primary N) is 1. The predicted molar refractivity (Wildman–Crippen MR) is 76.8 cm³/mol. The van der Waals surface area contributed by atoms with Crippen molar-refractivity contribution in [1.82, 2.24) is 10.2 Å². The first kappa shape index (κ1) is 14.4. The monoisotopic (exact) mass is 310 g/mol. The molecule has 20 heavy (non-hydrogen) atoms. The third-order valence-corrected chi connectivity index (χ3v) is 3.99. The number of nitrogens with one attached hydrogen (secondary N) is 2. The number of aromatic nitrogens is 2. The van der Waals surface area contributed by atoms with Crippen LogP contribution in [0.3, 0.4) is 0 Å². The molecule has 0 radical (unpaired) electrons. The van der Waals surface area contributed by atoms with E-state index in [-0.39, 0.29) is 22.2 Å². The number of hydrogen-bond donors (Lipinski definition) is 3. The summed E-state index contributed by atoms with van der Waals surface area (Å²) in [5.41, 5.74) is 6.15. The molecule has 8 heteroatoms. The molecule has 0 saturated heterocycles. The lowest BCUT2D eigenvalue weighted by Crippen LogP contribution is -2.12. The molecule has 4 N–H and O–H groups in total. The molecule has 1 aromatic carbocycles. The summed E-state index contributed by atoms with van der Waals surface area (Å²) in [6, 6.07) is 4.79. The maximum Gasteiger partial charge on any atom is 0.265 e. The van der Waals surface area contributed by atoms with E-state index in [9.17, 15) is 8.42 Å². The topological polar surface area (TPSA) is 101 Å². The molecule has 1 heterocycles. The highest BCUT2D eigenvalue weighted by Crippen LogP contribution is 2.25. The number of benzene rings is 1. The predicted octanol–water partition coefficient (Wildman–Crippen LogP) is 1.17. The molecule has 1 aromatic heterocycles. The normalized spacial score (nSPS) is 10.7. The van der Waals surface area contributed by atoms with Gasteiger partial charge < -0.3 is 5.73 Å². The average Bonchev–Trinajstić information content (AvgIpc) is 2.94. The van der Waals surface area contributed by atoms with E-state index >= 15 is 0 Å². The van der Waals surface area contributed by atoms with Crippen molar-refractivity contribution in [2.75, 3.05) is 11.3 Å². The molecule has 0 unspecified atom stereocenters. The van der Waals surface area contributed by atoms with Crippen molar-refractivity contribution in [2.24, 2.45) is 5.73 Å². The van der Waals surface area contributed by atoms with Gasteiger partial charge in [0.1, 0.15) is 4.90 Å². The van der Waals surface area contributed by atoms with E-state index in [0.29, 0.717) is 5.56 Å². The van der Waals surface area contributed by atoms with Crippen LogP contribution >= 0.6 is 11.6 Å². The lowest BCUT2D eigenvalue weighted by Gasteiger charge is -2.08. The first-order chi connectivity index (χ1) is 9.53. The molecule has 104 valence electrons. The van der Waals surface area contributed by atoms with Crippen LogP contribution in [0.15, 0.2) is 35.5 Å². The maximum absolute atomic E-state index is 12.1. The molecule has 0 atom stereocenters. The molecule has 2 aromatic rings. The van der Waals surface area contributed by atoms with Crippen molar-refractivity contribution in [3.8, 4) is 11.8 Å². The summed E-state index contributed by atoms with van der Waals surface area (Å²) in [4.78, 5) is 0.0204. The molecule has 0 fully saturated rings. The van der Waals surface area contributed by atoms with Crippen LogP contribution in [0.1, 0.15) is 5.56 Å². The maximum atomic E-state index is 12.1. The van der Waals surface area contributed by atoms with Gasteiger partial charge in [-0.3, -0.25) is 9.82 Å². The van der Waals surface area contributed by atoms with Gasteiger partial charge in [0, 0.05) is 11.8 Å². The highest BCUT2D eigenvalue weighted by molar-refractivity contribution is 7.92. The molecule has 2 rings (SSSR count). The Kier molecular flexibility index (Phi) is 4.29. The van der Waals surface area contributed by atoms with E-state index < -0.39 is 10.0 Å². The fraction of sp³-hybridized carbons (Fsp3) is 0.0833. The summed E-state index contributed by atoms with van der Waals surface area (Å²) >= 11 is 5.97. The number of halogens is 1. The van der Waals surface area contributed by atoms with Gasteiger partial charge in [0.2, 0.25) is 0 Å². The number of rotatable bonds is 3. The zero-order valence-corrected chi connectivity index (χ0v) is 11.8. The second kappa shape index (κ2) is 5.96. The van der Waals surface area contributed by atoms with Crippen molar-refractivity contribution in [2.45, 2.75) is 4.90 Å². The van der Waals surface area contributed by atoms with Crippen molar-refractivity contribution in [1.29, 1.82) is 0 Å². The average molecular weight is 311 g/mol. The third kappa shape index (κ3) is 3.30. The van der Waals surface area contributed by atoms with Crippen LogP contribution < -0.4 is 10.5 Å². The van der Waals surface area contributed by atoms with Gasteiger partial charge in [-0.25, -0.2) is 8.42 Å². The summed E-state index contributed by atoms with van der Waals surface area (Å²) in [6.45, 7) is 0.221. The second-order valence-corrected chi connectivity index (χ2v) is 5.83. The largest absolute Gasteiger partial charge is 0.320 e. The van der Waals surface area contributed by atoms with Crippen molar-refractivity contribution < 1.29 is 8.42 Å². The van der Waals surface area contributed by atoms with Gasteiger partial charge >= 0.3 is 0 Å². The van der Waals surface area contributed by atoms with E-state index in [0.717, 1.165) is 0 Å². The lowest BCUT2D eigenvalue weighted by atomic mass is 10.2. The summed E-state index contributed by atoms with van der Waals surface area (Å²) in [6.07, 6.45) is 2.47. The minimum atomic E-state index is -3.73. The van der Waals surface area contributed by atoms with E-state index in [1.54, 1.807) is 18.2 Å². The zero-order chi connectivity index (χ0) is 14.6. The van der Waals surface area contributed by atoms with Crippen LogP contribution in [-0.4, -0.2) is 25.2 Å². The van der Waals surface area contributed by atoms with Crippen LogP contribution in [0.2, 0.25) is 5.02 Å². The Morgan fingerprint density at radius 1 is 1.45 bits per heavy atom. The van der Waals surface area contributed by atoms with Crippen LogP contribution in [0.5, 0.6) is 0 Å². The van der Waals surface area contributed by atoms with Crippen LogP contribution in [0.25, 0.3) is 0 Å². The highest BCUT2D eigenvalue weighted by atomic mass is 35.5. The SMILES string of the molecule is NCC#Cc1ccc(Cl)c(NS(=O)(=O)c2cn[nH]c2)c1. The minimum Gasteiger partial charge on any atom is -0.320 e. The lowest BCUT2D eigenvalue weighted by molar-refractivity contribution is 0.601. The molecule has 0 aliphatic carbocycles. The van der Waals surface area contributed by atoms with Crippen LogP contribution in [0, 0.1) is 11.8 Å². The van der Waals surface area contributed by atoms with Gasteiger partial charge in [0.15, 0.2) is 0 Å². The summed E-state index contributed by atoms with van der Waals surface area (Å²) in [5, 5.41) is 6.31. The Morgan fingerprint density at radius 3 is 2.90 bits per heavy atom. The number of sulfonamides is 1.